The molecule has 6 nitrogen and oxygen atoms in total. The summed E-state index contributed by atoms with van der Waals surface area (Å²) in [5.41, 5.74) is 0.783. The second kappa shape index (κ2) is 10.1. The topological polar surface area (TPSA) is 75.7 Å². The van der Waals surface area contributed by atoms with E-state index < -0.39 is 21.7 Å². The summed E-state index contributed by atoms with van der Waals surface area (Å²) in [5, 5.41) is 3.63. The molecule has 33 heavy (non-hydrogen) atoms. The Morgan fingerprint density at radius 3 is 2.39 bits per heavy atom. The molecule has 0 aliphatic carbocycles. The number of benzene rings is 2. The number of anilines is 1. The van der Waals surface area contributed by atoms with Crippen LogP contribution in [0.2, 0.25) is 10.0 Å². The van der Waals surface area contributed by atoms with Gasteiger partial charge in [-0.2, -0.15) is 0 Å². The smallest absolute Gasteiger partial charge is 0.244 e. The normalized spacial score (nSPS) is 18.1. The van der Waals surface area contributed by atoms with E-state index in [1.807, 2.05) is 24.3 Å². The van der Waals surface area contributed by atoms with Crippen LogP contribution < -0.4 is 14.4 Å². The minimum atomic E-state index is -3.79. The van der Waals surface area contributed by atoms with E-state index in [0.717, 1.165) is 34.7 Å². The zero-order chi connectivity index (χ0) is 24.4. The van der Waals surface area contributed by atoms with E-state index in [-0.39, 0.29) is 29.1 Å². The fourth-order valence-electron chi connectivity index (χ4n) is 4.38. The van der Waals surface area contributed by atoms with Gasteiger partial charge in [0.25, 0.3) is 0 Å². The van der Waals surface area contributed by atoms with E-state index in [2.05, 4.69) is 19.2 Å². The Morgan fingerprint density at radius 2 is 1.82 bits per heavy atom. The molecular weight excluding hydrogens is 483 g/mol. The SMILES string of the molecule is CC[C@H](C(=O)N[C@H]1CC(CC)(CC)Oc2ccccc21)N(c1ccc(Cl)c(Cl)c1)S(C)(=O)=O. The van der Waals surface area contributed by atoms with Gasteiger partial charge in [0.05, 0.1) is 28.0 Å². The van der Waals surface area contributed by atoms with Crippen molar-refractivity contribution in [2.45, 2.75) is 64.1 Å². The molecule has 0 unspecified atom stereocenters. The van der Waals surface area contributed by atoms with Crippen molar-refractivity contribution in [2.24, 2.45) is 0 Å². The molecule has 1 heterocycles. The molecule has 1 N–H and O–H groups in total. The number of sulfonamides is 1. The van der Waals surface area contributed by atoms with Crippen molar-refractivity contribution < 1.29 is 17.9 Å². The average molecular weight is 513 g/mol. The molecule has 1 aliphatic heterocycles. The fourth-order valence-corrected chi connectivity index (χ4v) is 5.88. The van der Waals surface area contributed by atoms with Gasteiger partial charge in [-0.1, -0.05) is 62.2 Å². The van der Waals surface area contributed by atoms with Crippen molar-refractivity contribution in [2.75, 3.05) is 10.6 Å². The van der Waals surface area contributed by atoms with Crippen LogP contribution in [0.4, 0.5) is 5.69 Å². The molecule has 0 fully saturated rings. The minimum Gasteiger partial charge on any atom is -0.487 e. The van der Waals surface area contributed by atoms with Gasteiger partial charge < -0.3 is 10.1 Å². The quantitative estimate of drug-likeness (QED) is 0.489. The van der Waals surface area contributed by atoms with Gasteiger partial charge in [0.15, 0.2) is 0 Å². The lowest BCUT2D eigenvalue weighted by atomic mass is 9.83. The molecule has 0 spiro atoms. The maximum Gasteiger partial charge on any atom is 0.244 e. The van der Waals surface area contributed by atoms with E-state index in [1.165, 1.54) is 12.1 Å². The number of rotatable bonds is 8. The van der Waals surface area contributed by atoms with Crippen LogP contribution in [-0.4, -0.2) is 32.2 Å². The molecule has 0 aromatic heterocycles. The molecule has 0 bridgehead atoms. The summed E-state index contributed by atoms with van der Waals surface area (Å²) in [6.45, 7) is 5.92. The Morgan fingerprint density at radius 1 is 1.15 bits per heavy atom. The summed E-state index contributed by atoms with van der Waals surface area (Å²) < 4.78 is 33.0. The first-order valence-electron chi connectivity index (χ1n) is 11.1. The van der Waals surface area contributed by atoms with Crippen LogP contribution in [0.3, 0.4) is 0 Å². The minimum absolute atomic E-state index is 0.215. The van der Waals surface area contributed by atoms with Crippen LogP contribution in [0.15, 0.2) is 42.5 Å². The number of nitrogens with one attached hydrogen (secondary N) is 1. The predicted molar refractivity (Wildman–Crippen MR) is 134 cm³/mol. The molecule has 0 saturated carbocycles. The van der Waals surface area contributed by atoms with Gasteiger partial charge >= 0.3 is 0 Å². The van der Waals surface area contributed by atoms with Crippen LogP contribution in [0.25, 0.3) is 0 Å². The summed E-state index contributed by atoms with van der Waals surface area (Å²) >= 11 is 12.2. The Kier molecular flexibility index (Phi) is 7.87. The Balaban J connectivity index is 1.97. The van der Waals surface area contributed by atoms with Crippen molar-refractivity contribution in [3.8, 4) is 5.75 Å². The molecule has 180 valence electrons. The molecule has 1 amide bonds. The maximum absolute atomic E-state index is 13.5. The third-order valence-electron chi connectivity index (χ3n) is 6.29. The first-order valence-corrected chi connectivity index (χ1v) is 13.7. The van der Waals surface area contributed by atoms with E-state index in [0.29, 0.717) is 11.4 Å². The molecule has 2 aromatic rings. The molecular formula is C24H30Cl2N2O4S. The van der Waals surface area contributed by atoms with Gasteiger partial charge in [-0.15, -0.1) is 0 Å². The molecule has 0 radical (unpaired) electrons. The van der Waals surface area contributed by atoms with Crippen LogP contribution in [-0.2, 0) is 14.8 Å². The second-order valence-electron chi connectivity index (χ2n) is 8.38. The van der Waals surface area contributed by atoms with Crippen molar-refractivity contribution in [3.05, 3.63) is 58.1 Å². The number of carbonyl (C=O) groups is 1. The van der Waals surface area contributed by atoms with Gasteiger partial charge in [-0.3, -0.25) is 9.10 Å². The van der Waals surface area contributed by atoms with Crippen molar-refractivity contribution in [1.82, 2.24) is 5.32 Å². The number of carbonyl (C=O) groups excluding carboxylic acids is 1. The molecule has 3 rings (SSSR count). The molecule has 1 aliphatic rings. The second-order valence-corrected chi connectivity index (χ2v) is 11.1. The van der Waals surface area contributed by atoms with Crippen LogP contribution >= 0.6 is 23.2 Å². The van der Waals surface area contributed by atoms with Crippen LogP contribution in [0.5, 0.6) is 5.75 Å². The third-order valence-corrected chi connectivity index (χ3v) is 8.21. The Hall–Kier alpha value is -1.96. The average Bonchev–Trinajstić information content (AvgIpc) is 2.78. The predicted octanol–water partition coefficient (Wildman–Crippen LogP) is 5.74. The van der Waals surface area contributed by atoms with Crippen LogP contribution in [0.1, 0.15) is 58.1 Å². The summed E-state index contributed by atoms with van der Waals surface area (Å²) in [7, 11) is -3.79. The molecule has 2 aromatic carbocycles. The van der Waals surface area contributed by atoms with Crippen molar-refractivity contribution in [1.29, 1.82) is 0 Å². The fraction of sp³-hybridized carbons (Fsp3) is 0.458. The number of nitrogens with zero attached hydrogens (tertiary/aromatic N) is 1. The lowest BCUT2D eigenvalue weighted by molar-refractivity contribution is -0.123. The first kappa shape index (κ1) is 25.7. The molecule has 9 heteroatoms. The summed E-state index contributed by atoms with van der Waals surface area (Å²) in [6.07, 6.45) is 3.54. The zero-order valence-corrected chi connectivity index (χ0v) is 21.6. The van der Waals surface area contributed by atoms with Crippen molar-refractivity contribution in [3.63, 3.8) is 0 Å². The van der Waals surface area contributed by atoms with Gasteiger partial charge in [0, 0.05) is 12.0 Å². The summed E-state index contributed by atoms with van der Waals surface area (Å²) in [5.74, 6) is 0.368. The number of amides is 1. The molecule has 2 atom stereocenters. The number of fused-ring (bicyclic) bond motifs is 1. The number of hydrogen-bond donors (Lipinski definition) is 1. The Bertz CT molecular complexity index is 1120. The number of halogens is 2. The summed E-state index contributed by atoms with van der Waals surface area (Å²) in [6, 6.07) is 10.9. The van der Waals surface area contributed by atoms with Crippen molar-refractivity contribution >= 4 is 44.8 Å². The summed E-state index contributed by atoms with van der Waals surface area (Å²) in [4.78, 5) is 13.5. The van der Waals surface area contributed by atoms with E-state index in [9.17, 15) is 13.2 Å². The largest absolute Gasteiger partial charge is 0.487 e. The highest BCUT2D eigenvalue weighted by atomic mass is 35.5. The Labute approximate surface area is 206 Å². The van der Waals surface area contributed by atoms with E-state index in [1.54, 1.807) is 13.0 Å². The number of hydrogen-bond acceptors (Lipinski definition) is 4. The van der Waals surface area contributed by atoms with E-state index in [4.69, 9.17) is 27.9 Å². The van der Waals surface area contributed by atoms with Gasteiger partial charge in [-0.25, -0.2) is 8.42 Å². The van der Waals surface area contributed by atoms with E-state index >= 15 is 0 Å². The van der Waals surface area contributed by atoms with Gasteiger partial charge in [0.2, 0.25) is 15.9 Å². The lowest BCUT2D eigenvalue weighted by Crippen LogP contribution is -2.52. The first-order chi connectivity index (χ1) is 15.5. The zero-order valence-electron chi connectivity index (χ0n) is 19.3. The number of ether oxygens (including phenoxy) is 1. The third kappa shape index (κ3) is 5.42. The number of para-hydroxylation sites is 1. The standard InChI is InChI=1S/C24H30Cl2N2O4S/c1-5-21(28(33(4,30)31)16-12-13-18(25)19(26)14-16)23(29)27-20-15-24(6-2,7-3)32-22-11-9-8-10-17(20)22/h8-14,20-21H,5-7,15H2,1-4H3,(H,27,29)/t20-,21+/m0/s1. The highest BCUT2D eigenvalue weighted by molar-refractivity contribution is 7.92. The van der Waals surface area contributed by atoms with Gasteiger partial charge in [-0.05, 0) is 43.5 Å². The maximum atomic E-state index is 13.5. The highest BCUT2D eigenvalue weighted by Crippen LogP contribution is 2.42. The lowest BCUT2D eigenvalue weighted by Gasteiger charge is -2.42. The monoisotopic (exact) mass is 512 g/mol. The molecule has 0 saturated heterocycles. The highest BCUT2D eigenvalue weighted by Gasteiger charge is 2.40. The van der Waals surface area contributed by atoms with Crippen LogP contribution in [0, 0.1) is 0 Å². The van der Waals surface area contributed by atoms with Gasteiger partial charge in [0.1, 0.15) is 17.4 Å².